The van der Waals surface area contributed by atoms with Crippen molar-refractivity contribution in [2.75, 3.05) is 19.8 Å². The number of ether oxygens (including phenoxy) is 1. The Morgan fingerprint density at radius 3 is 1.74 bits per heavy atom. The summed E-state index contributed by atoms with van der Waals surface area (Å²) in [5, 5.41) is 30.7. The molecule has 0 aromatic heterocycles. The number of unbranched alkanes of at least 4 members (excludes halogenated alkanes) is 9. The Kier molecular flexibility index (Phi) is 19.9. The lowest BCUT2D eigenvalue weighted by atomic mass is 10.0. The molecule has 0 fully saturated rings. The molecule has 0 bridgehead atoms. The predicted octanol–water partition coefficient (Wildman–Crippen LogP) is 7.03. The molecule has 2 rings (SSSR count). The van der Waals surface area contributed by atoms with E-state index in [-0.39, 0.29) is 19.8 Å². The van der Waals surface area contributed by atoms with Crippen molar-refractivity contribution in [1.82, 2.24) is 5.32 Å². The molecule has 4 N–H and O–H groups in total. The molecule has 0 saturated carbocycles. The van der Waals surface area contributed by atoms with Crippen LogP contribution >= 0.6 is 0 Å². The summed E-state index contributed by atoms with van der Waals surface area (Å²) in [5.41, 5.74) is 4.67. The van der Waals surface area contributed by atoms with Crippen molar-refractivity contribution in [1.29, 1.82) is 0 Å². The first-order valence-corrected chi connectivity index (χ1v) is 14.3. The molecular formula is C33H51NO4. The van der Waals surface area contributed by atoms with Crippen LogP contribution in [0.15, 0.2) is 49.6 Å². The second kappa shape index (κ2) is 22.5. The summed E-state index contributed by atoms with van der Waals surface area (Å²) >= 11 is 0. The van der Waals surface area contributed by atoms with Crippen molar-refractivity contribution >= 4 is 12.2 Å². The van der Waals surface area contributed by atoms with Crippen LogP contribution in [0.4, 0.5) is 0 Å². The quantitative estimate of drug-likeness (QED) is 0.140. The fraction of sp³-hybridized carbons (Fsp3) is 0.515. The third-order valence-corrected chi connectivity index (χ3v) is 6.42. The first kappa shape index (κ1) is 33.6. The highest BCUT2D eigenvalue weighted by atomic mass is 16.5. The van der Waals surface area contributed by atoms with Gasteiger partial charge in [-0.15, -0.1) is 0 Å². The minimum absolute atomic E-state index is 0.0952. The molecule has 0 aliphatic heterocycles. The Balaban J connectivity index is 0.000000464. The van der Waals surface area contributed by atoms with Crippen LogP contribution in [-0.4, -0.2) is 35.1 Å². The first-order valence-electron chi connectivity index (χ1n) is 14.3. The average molecular weight is 526 g/mol. The van der Waals surface area contributed by atoms with Crippen LogP contribution in [0, 0.1) is 0 Å². The lowest BCUT2D eigenvalue weighted by Crippen LogP contribution is -2.17. The van der Waals surface area contributed by atoms with Crippen molar-refractivity contribution in [3.63, 3.8) is 0 Å². The van der Waals surface area contributed by atoms with Gasteiger partial charge in [-0.25, -0.2) is 0 Å². The molecule has 38 heavy (non-hydrogen) atoms. The van der Waals surface area contributed by atoms with Gasteiger partial charge < -0.3 is 25.4 Å². The molecule has 0 aliphatic rings. The average Bonchev–Trinajstić information content (AvgIpc) is 2.96. The van der Waals surface area contributed by atoms with Gasteiger partial charge in [-0.2, -0.15) is 0 Å². The van der Waals surface area contributed by atoms with Crippen LogP contribution in [-0.2, 0) is 19.8 Å². The van der Waals surface area contributed by atoms with Gasteiger partial charge in [0, 0.05) is 24.2 Å². The lowest BCUT2D eigenvalue weighted by Gasteiger charge is -2.15. The molecular weight excluding hydrogens is 474 g/mol. The van der Waals surface area contributed by atoms with Crippen LogP contribution in [0.2, 0.25) is 0 Å². The summed E-state index contributed by atoms with van der Waals surface area (Å²) in [6, 6.07) is 11.9. The van der Waals surface area contributed by atoms with Gasteiger partial charge in [0.25, 0.3) is 0 Å². The number of benzene rings is 2. The van der Waals surface area contributed by atoms with E-state index in [0.717, 1.165) is 24.1 Å². The van der Waals surface area contributed by atoms with Gasteiger partial charge >= 0.3 is 0 Å². The Morgan fingerprint density at radius 1 is 0.737 bits per heavy atom. The fourth-order valence-corrected chi connectivity index (χ4v) is 4.17. The Bertz CT molecular complexity index is 854. The summed E-state index contributed by atoms with van der Waals surface area (Å²) in [7, 11) is 0. The van der Waals surface area contributed by atoms with Gasteiger partial charge in [-0.05, 0) is 35.2 Å². The standard InChI is InChI=1S/C22H36O3.C11H15NO/c1-3-5-6-7-8-9-10-11-12-13-14-25-22-20(17-23)15-19(4-2)16-21(22)18-24;1-2-10-3-5-11(6-4-10)9-12-7-8-13/h4,15-16,23-24H,2-3,5-14,17-18H2,1H3;2-6,12-13H,1,7-9H2. The SMILES string of the molecule is C=Cc1cc(CO)c(OCCCCCCCCCCCC)c(CO)c1.C=Cc1ccc(CNCCO)cc1. The Hall–Kier alpha value is -2.44. The van der Waals surface area contributed by atoms with Gasteiger partial charge in [0.15, 0.2) is 0 Å². The van der Waals surface area contributed by atoms with Crippen molar-refractivity contribution in [2.45, 2.75) is 90.9 Å². The number of hydrogen-bond acceptors (Lipinski definition) is 5. The first-order chi connectivity index (χ1) is 18.6. The van der Waals surface area contributed by atoms with Crippen molar-refractivity contribution in [3.8, 4) is 5.75 Å². The van der Waals surface area contributed by atoms with Crippen LogP contribution in [0.25, 0.3) is 12.2 Å². The van der Waals surface area contributed by atoms with E-state index >= 15 is 0 Å². The molecule has 0 amide bonds. The number of nitrogens with one attached hydrogen (secondary N) is 1. The summed E-state index contributed by atoms with van der Waals surface area (Å²) in [6.45, 7) is 11.7. The predicted molar refractivity (Wildman–Crippen MR) is 161 cm³/mol. The maximum Gasteiger partial charge on any atom is 0.130 e. The van der Waals surface area contributed by atoms with Crippen molar-refractivity contribution in [3.05, 3.63) is 77.4 Å². The molecule has 5 nitrogen and oxygen atoms in total. The van der Waals surface area contributed by atoms with Crippen LogP contribution < -0.4 is 10.1 Å². The molecule has 2 aromatic rings. The monoisotopic (exact) mass is 525 g/mol. The Morgan fingerprint density at radius 2 is 1.26 bits per heavy atom. The van der Waals surface area contributed by atoms with Crippen molar-refractivity contribution < 1.29 is 20.1 Å². The maximum atomic E-state index is 9.54. The number of aliphatic hydroxyl groups excluding tert-OH is 3. The second-order valence-electron chi connectivity index (χ2n) is 9.57. The van der Waals surface area contributed by atoms with Crippen LogP contribution in [0.3, 0.4) is 0 Å². The lowest BCUT2D eigenvalue weighted by molar-refractivity contribution is 0.243. The molecule has 0 heterocycles. The zero-order chi connectivity index (χ0) is 27.8. The molecule has 0 spiro atoms. The molecule has 0 unspecified atom stereocenters. The highest BCUT2D eigenvalue weighted by molar-refractivity contribution is 5.55. The van der Waals surface area contributed by atoms with E-state index in [1.54, 1.807) is 6.08 Å². The third-order valence-electron chi connectivity index (χ3n) is 6.42. The fourth-order valence-electron chi connectivity index (χ4n) is 4.17. The van der Waals surface area contributed by atoms with Crippen LogP contribution in [0.1, 0.15) is 98.9 Å². The summed E-state index contributed by atoms with van der Waals surface area (Å²) < 4.78 is 5.87. The van der Waals surface area contributed by atoms with Gasteiger partial charge in [-0.3, -0.25) is 0 Å². The van der Waals surface area contributed by atoms with E-state index in [0.29, 0.717) is 30.0 Å². The van der Waals surface area contributed by atoms with Gasteiger partial charge in [0.05, 0.1) is 26.4 Å². The molecule has 212 valence electrons. The van der Waals surface area contributed by atoms with E-state index < -0.39 is 0 Å². The Labute approximate surface area is 231 Å². The zero-order valence-electron chi connectivity index (χ0n) is 23.6. The highest BCUT2D eigenvalue weighted by Crippen LogP contribution is 2.27. The van der Waals surface area contributed by atoms with Crippen LogP contribution in [0.5, 0.6) is 5.75 Å². The molecule has 0 aliphatic carbocycles. The largest absolute Gasteiger partial charge is 0.493 e. The van der Waals surface area contributed by atoms with E-state index in [1.165, 1.54) is 63.4 Å². The topological polar surface area (TPSA) is 82.0 Å². The van der Waals surface area contributed by atoms with Crippen molar-refractivity contribution in [2.24, 2.45) is 0 Å². The number of rotatable bonds is 20. The second-order valence-corrected chi connectivity index (χ2v) is 9.57. The van der Waals surface area contributed by atoms with E-state index in [4.69, 9.17) is 9.84 Å². The molecule has 2 aromatic carbocycles. The number of aliphatic hydroxyl groups is 3. The summed E-state index contributed by atoms with van der Waals surface area (Å²) in [4.78, 5) is 0. The van der Waals surface area contributed by atoms with E-state index in [9.17, 15) is 10.2 Å². The maximum absolute atomic E-state index is 9.54. The van der Waals surface area contributed by atoms with E-state index in [2.05, 4.69) is 37.5 Å². The van der Waals surface area contributed by atoms with E-state index in [1.807, 2.05) is 30.3 Å². The minimum Gasteiger partial charge on any atom is -0.493 e. The smallest absolute Gasteiger partial charge is 0.130 e. The van der Waals surface area contributed by atoms with Gasteiger partial charge in [0.1, 0.15) is 5.75 Å². The molecule has 5 heteroatoms. The summed E-state index contributed by atoms with van der Waals surface area (Å²) in [5.74, 6) is 0.631. The van der Waals surface area contributed by atoms with Gasteiger partial charge in [0.2, 0.25) is 0 Å². The zero-order valence-corrected chi connectivity index (χ0v) is 23.6. The number of hydrogen-bond donors (Lipinski definition) is 4. The minimum atomic E-state index is -0.0952. The summed E-state index contributed by atoms with van der Waals surface area (Å²) in [6.07, 6.45) is 16.4. The normalized spacial score (nSPS) is 10.5. The molecule has 0 radical (unpaired) electrons. The molecule has 0 atom stereocenters. The van der Waals surface area contributed by atoms with Gasteiger partial charge in [-0.1, -0.05) is 114 Å². The molecule has 0 saturated heterocycles. The third kappa shape index (κ3) is 14.5. The highest BCUT2D eigenvalue weighted by Gasteiger charge is 2.10.